The van der Waals surface area contributed by atoms with E-state index in [4.69, 9.17) is 0 Å². The van der Waals surface area contributed by atoms with Crippen molar-refractivity contribution in [1.29, 1.82) is 0 Å². The van der Waals surface area contributed by atoms with Crippen molar-refractivity contribution in [1.82, 2.24) is 0 Å². The fourth-order valence-electron chi connectivity index (χ4n) is 3.52. The monoisotopic (exact) mass is 415 g/mol. The average molecular weight is 416 g/mol. The molecule has 0 fully saturated rings. The van der Waals surface area contributed by atoms with Gasteiger partial charge in [0.05, 0.1) is 23.3 Å². The number of hydrogen-bond donors (Lipinski definition) is 1. The molecular weight excluding hydrogens is 390 g/mol. The van der Waals surface area contributed by atoms with E-state index in [0.717, 1.165) is 21.7 Å². The van der Waals surface area contributed by atoms with Crippen LogP contribution in [-0.2, 0) is 19.6 Å². The molecule has 0 radical (unpaired) electrons. The Morgan fingerprint density at radius 1 is 1.17 bits per heavy atom. The third-order valence-corrected chi connectivity index (χ3v) is 6.27. The number of fused-ring (bicyclic) bond motifs is 1. The van der Waals surface area contributed by atoms with Crippen molar-refractivity contribution in [2.75, 3.05) is 27.3 Å². The van der Waals surface area contributed by atoms with E-state index in [1.54, 1.807) is 43.3 Å². The standard InChI is InChI=1S/C21H25N3O4S/c1-5-18(24(29(4,27)28)16-11-10-14(2)15(3)12-16)21(26)23-13-20(25)22-17-8-6-7-9-19(17)23/h6-12,18H,5,13H2,1-4H3,(H,22,25)/t18-/m1/s1. The highest BCUT2D eigenvalue weighted by atomic mass is 32.2. The molecule has 29 heavy (non-hydrogen) atoms. The van der Waals surface area contributed by atoms with Gasteiger partial charge in [-0.3, -0.25) is 18.8 Å². The van der Waals surface area contributed by atoms with Gasteiger partial charge in [-0.1, -0.05) is 25.1 Å². The molecule has 1 atom stereocenters. The van der Waals surface area contributed by atoms with E-state index in [-0.39, 0.29) is 18.9 Å². The normalized spacial score (nSPS) is 14.8. The maximum absolute atomic E-state index is 13.5. The number of carbonyl (C=O) groups is 2. The predicted octanol–water partition coefficient (Wildman–Crippen LogP) is 2.83. The first kappa shape index (κ1) is 20.9. The molecule has 1 N–H and O–H groups in total. The Bertz CT molecular complexity index is 1070. The molecule has 0 aliphatic carbocycles. The molecule has 0 aromatic heterocycles. The zero-order valence-electron chi connectivity index (χ0n) is 17.0. The fraction of sp³-hybridized carbons (Fsp3) is 0.333. The molecule has 2 amide bonds. The second-order valence-electron chi connectivity index (χ2n) is 7.24. The average Bonchev–Trinajstić information content (AvgIpc) is 2.66. The summed E-state index contributed by atoms with van der Waals surface area (Å²) in [6, 6.07) is 11.3. The number of para-hydroxylation sites is 2. The van der Waals surface area contributed by atoms with Gasteiger partial charge < -0.3 is 5.32 Å². The van der Waals surface area contributed by atoms with Gasteiger partial charge in [0.15, 0.2) is 0 Å². The zero-order chi connectivity index (χ0) is 21.3. The molecule has 0 spiro atoms. The Morgan fingerprint density at radius 3 is 2.48 bits per heavy atom. The maximum atomic E-state index is 13.5. The van der Waals surface area contributed by atoms with Crippen LogP contribution < -0.4 is 14.5 Å². The molecule has 0 saturated heterocycles. The van der Waals surface area contributed by atoms with Gasteiger partial charge in [0.2, 0.25) is 15.9 Å². The highest BCUT2D eigenvalue weighted by Gasteiger charge is 2.37. The van der Waals surface area contributed by atoms with Crippen LogP contribution >= 0.6 is 0 Å². The third-order valence-electron chi connectivity index (χ3n) is 5.09. The van der Waals surface area contributed by atoms with Crippen molar-refractivity contribution >= 4 is 38.9 Å². The van der Waals surface area contributed by atoms with Crippen molar-refractivity contribution < 1.29 is 18.0 Å². The van der Waals surface area contributed by atoms with Gasteiger partial charge in [0.25, 0.3) is 5.91 Å². The highest BCUT2D eigenvalue weighted by Crippen LogP contribution is 2.32. The minimum atomic E-state index is -3.75. The summed E-state index contributed by atoms with van der Waals surface area (Å²) < 4.78 is 26.6. The highest BCUT2D eigenvalue weighted by molar-refractivity contribution is 7.92. The van der Waals surface area contributed by atoms with Crippen LogP contribution in [0.5, 0.6) is 0 Å². The van der Waals surface area contributed by atoms with Gasteiger partial charge in [-0.05, 0) is 55.7 Å². The van der Waals surface area contributed by atoms with Crippen LogP contribution in [0.1, 0.15) is 24.5 Å². The van der Waals surface area contributed by atoms with Gasteiger partial charge in [0.1, 0.15) is 12.6 Å². The van der Waals surface area contributed by atoms with Gasteiger partial charge >= 0.3 is 0 Å². The number of benzene rings is 2. The number of sulfonamides is 1. The topological polar surface area (TPSA) is 86.8 Å². The summed E-state index contributed by atoms with van der Waals surface area (Å²) in [5.41, 5.74) is 3.49. The summed E-state index contributed by atoms with van der Waals surface area (Å²) in [6.07, 6.45) is 1.36. The second kappa shape index (κ2) is 7.87. The van der Waals surface area contributed by atoms with Crippen LogP contribution in [0.4, 0.5) is 17.1 Å². The Morgan fingerprint density at radius 2 is 1.86 bits per heavy atom. The summed E-state index contributed by atoms with van der Waals surface area (Å²) in [7, 11) is -3.75. The Kier molecular flexibility index (Phi) is 5.66. The number of aryl methyl sites for hydroxylation is 2. The molecule has 3 rings (SSSR count). The molecule has 0 saturated carbocycles. The number of anilines is 3. The number of nitrogens with one attached hydrogen (secondary N) is 1. The van der Waals surface area contributed by atoms with E-state index in [0.29, 0.717) is 17.1 Å². The van der Waals surface area contributed by atoms with Crippen LogP contribution in [0.15, 0.2) is 42.5 Å². The second-order valence-corrected chi connectivity index (χ2v) is 9.10. The first-order chi connectivity index (χ1) is 13.6. The quantitative estimate of drug-likeness (QED) is 0.814. The van der Waals surface area contributed by atoms with Crippen LogP contribution in [0.3, 0.4) is 0 Å². The maximum Gasteiger partial charge on any atom is 0.251 e. The van der Waals surface area contributed by atoms with Crippen molar-refractivity contribution in [3.63, 3.8) is 0 Å². The number of hydrogen-bond acceptors (Lipinski definition) is 4. The minimum Gasteiger partial charge on any atom is -0.323 e. The lowest BCUT2D eigenvalue weighted by atomic mass is 10.1. The molecule has 1 heterocycles. The van der Waals surface area contributed by atoms with E-state index >= 15 is 0 Å². The first-order valence-corrected chi connectivity index (χ1v) is 11.2. The Labute approximate surface area is 171 Å². The summed E-state index contributed by atoms with van der Waals surface area (Å²) in [5.74, 6) is -0.748. The molecule has 1 aliphatic rings. The summed E-state index contributed by atoms with van der Waals surface area (Å²) in [4.78, 5) is 27.0. The molecule has 2 aromatic carbocycles. The Hall–Kier alpha value is -2.87. The minimum absolute atomic E-state index is 0.156. The van der Waals surface area contributed by atoms with Gasteiger partial charge in [-0.15, -0.1) is 0 Å². The summed E-state index contributed by atoms with van der Waals surface area (Å²) in [5, 5.41) is 2.74. The lowest BCUT2D eigenvalue weighted by Gasteiger charge is -2.36. The number of amides is 2. The molecule has 0 bridgehead atoms. The van der Waals surface area contributed by atoms with Crippen LogP contribution in [0.2, 0.25) is 0 Å². The van der Waals surface area contributed by atoms with Gasteiger partial charge in [-0.25, -0.2) is 8.42 Å². The lowest BCUT2D eigenvalue weighted by molar-refractivity contribution is -0.122. The summed E-state index contributed by atoms with van der Waals surface area (Å²) in [6.45, 7) is 5.44. The van der Waals surface area contributed by atoms with Gasteiger partial charge in [-0.2, -0.15) is 0 Å². The lowest BCUT2D eigenvalue weighted by Crippen LogP contribution is -2.53. The van der Waals surface area contributed by atoms with E-state index < -0.39 is 22.0 Å². The molecule has 154 valence electrons. The van der Waals surface area contributed by atoms with Crippen molar-refractivity contribution in [3.05, 3.63) is 53.6 Å². The predicted molar refractivity (Wildman–Crippen MR) is 115 cm³/mol. The molecule has 0 unspecified atom stereocenters. The smallest absolute Gasteiger partial charge is 0.251 e. The molecule has 8 heteroatoms. The van der Waals surface area contributed by atoms with E-state index in [1.807, 2.05) is 19.9 Å². The van der Waals surface area contributed by atoms with Crippen LogP contribution in [0, 0.1) is 13.8 Å². The molecule has 2 aromatic rings. The van der Waals surface area contributed by atoms with Crippen LogP contribution in [0.25, 0.3) is 0 Å². The van der Waals surface area contributed by atoms with Gasteiger partial charge in [0, 0.05) is 0 Å². The first-order valence-electron chi connectivity index (χ1n) is 9.40. The molecular formula is C21H25N3O4S. The number of rotatable bonds is 5. The zero-order valence-corrected chi connectivity index (χ0v) is 17.8. The largest absolute Gasteiger partial charge is 0.323 e. The molecule has 1 aliphatic heterocycles. The van der Waals surface area contributed by atoms with Crippen molar-refractivity contribution in [2.24, 2.45) is 0 Å². The fourth-order valence-corrected chi connectivity index (χ4v) is 4.71. The third kappa shape index (κ3) is 4.12. The van der Waals surface area contributed by atoms with E-state index in [9.17, 15) is 18.0 Å². The van der Waals surface area contributed by atoms with Crippen molar-refractivity contribution in [3.8, 4) is 0 Å². The summed E-state index contributed by atoms with van der Waals surface area (Å²) >= 11 is 0. The molecule has 7 nitrogen and oxygen atoms in total. The van der Waals surface area contributed by atoms with Crippen LogP contribution in [-0.4, -0.2) is 39.1 Å². The SMILES string of the molecule is CC[C@H](C(=O)N1CC(=O)Nc2ccccc21)N(c1ccc(C)c(C)c1)S(C)(=O)=O. The van der Waals surface area contributed by atoms with E-state index in [1.165, 1.54) is 4.90 Å². The van der Waals surface area contributed by atoms with Crippen molar-refractivity contribution in [2.45, 2.75) is 33.2 Å². The number of nitrogens with zero attached hydrogens (tertiary/aromatic N) is 2. The Balaban J connectivity index is 2.07. The van der Waals surface area contributed by atoms with E-state index in [2.05, 4.69) is 5.32 Å². The number of carbonyl (C=O) groups excluding carboxylic acids is 2.